The first-order chi connectivity index (χ1) is 14.3. The molecule has 8 nitrogen and oxygen atoms in total. The lowest BCUT2D eigenvalue weighted by Gasteiger charge is -2.37. The Kier molecular flexibility index (Phi) is 6.73. The SMILES string of the molecule is NC(=O)OCC(c1cccc([N+](=O)[O-])c1)N1CCC(C(=O)c2ccc(F)cc2)CC1. The number of nitrogens with zero attached hydrogens (tertiary/aromatic N) is 2. The molecule has 1 heterocycles. The van der Waals surface area contributed by atoms with E-state index in [1.54, 1.807) is 12.1 Å². The van der Waals surface area contributed by atoms with Gasteiger partial charge in [0.2, 0.25) is 0 Å². The van der Waals surface area contributed by atoms with E-state index in [1.807, 2.05) is 4.90 Å². The molecule has 9 heteroatoms. The monoisotopic (exact) mass is 415 g/mol. The predicted octanol–water partition coefficient (Wildman–Crippen LogP) is 3.47. The highest BCUT2D eigenvalue weighted by Crippen LogP contribution is 2.30. The summed E-state index contributed by atoms with van der Waals surface area (Å²) < 4.78 is 18.1. The number of ether oxygens (including phenoxy) is 1. The molecule has 2 N–H and O–H groups in total. The number of primary amides is 1. The molecule has 1 saturated heterocycles. The van der Waals surface area contributed by atoms with Crippen LogP contribution in [0.5, 0.6) is 0 Å². The number of Topliss-reactive ketones (excluding diaryl/α,β-unsaturated/α-hetero) is 1. The van der Waals surface area contributed by atoms with E-state index >= 15 is 0 Å². The third-order valence-corrected chi connectivity index (χ3v) is 5.32. The molecule has 0 saturated carbocycles. The molecule has 1 amide bonds. The molecule has 1 atom stereocenters. The van der Waals surface area contributed by atoms with Gasteiger partial charge in [-0.3, -0.25) is 19.8 Å². The standard InChI is InChI=1S/C21H22FN3O5/c22-17-6-4-14(5-7-17)20(26)15-8-10-24(11-9-15)19(13-30-21(23)27)16-2-1-3-18(12-16)25(28)29/h1-7,12,15,19H,8-11,13H2,(H2,23,27). The van der Waals surface area contributed by atoms with Crippen LogP contribution in [0.1, 0.15) is 34.8 Å². The van der Waals surface area contributed by atoms with E-state index in [-0.39, 0.29) is 24.0 Å². The zero-order chi connectivity index (χ0) is 21.7. The molecule has 0 aliphatic carbocycles. The molecular formula is C21H22FN3O5. The molecule has 0 spiro atoms. The van der Waals surface area contributed by atoms with Gasteiger partial charge in [0.1, 0.15) is 12.4 Å². The molecule has 2 aromatic rings. The average Bonchev–Trinajstić information content (AvgIpc) is 2.74. The van der Waals surface area contributed by atoms with Crippen molar-refractivity contribution in [2.75, 3.05) is 19.7 Å². The van der Waals surface area contributed by atoms with Crippen LogP contribution in [0.15, 0.2) is 48.5 Å². The lowest BCUT2D eigenvalue weighted by molar-refractivity contribution is -0.385. The van der Waals surface area contributed by atoms with E-state index in [0.717, 1.165) is 0 Å². The van der Waals surface area contributed by atoms with Crippen LogP contribution in [0.25, 0.3) is 0 Å². The number of nitro groups is 1. The van der Waals surface area contributed by atoms with Gasteiger partial charge in [0.25, 0.3) is 5.69 Å². The molecule has 0 aromatic heterocycles. The van der Waals surface area contributed by atoms with Crippen molar-refractivity contribution in [1.29, 1.82) is 0 Å². The molecule has 30 heavy (non-hydrogen) atoms. The van der Waals surface area contributed by atoms with E-state index in [9.17, 15) is 24.1 Å². The highest BCUT2D eigenvalue weighted by molar-refractivity contribution is 5.97. The molecule has 0 bridgehead atoms. The number of halogens is 1. The summed E-state index contributed by atoms with van der Waals surface area (Å²) in [4.78, 5) is 36.5. The number of hydrogen-bond donors (Lipinski definition) is 1. The zero-order valence-electron chi connectivity index (χ0n) is 16.2. The fraction of sp³-hybridized carbons (Fsp3) is 0.333. The highest BCUT2D eigenvalue weighted by Gasteiger charge is 2.31. The minimum Gasteiger partial charge on any atom is -0.448 e. The molecule has 158 valence electrons. The van der Waals surface area contributed by atoms with Crippen LogP contribution >= 0.6 is 0 Å². The van der Waals surface area contributed by atoms with Crippen molar-refractivity contribution in [3.63, 3.8) is 0 Å². The van der Waals surface area contributed by atoms with Crippen molar-refractivity contribution in [3.05, 3.63) is 75.6 Å². The van der Waals surface area contributed by atoms with E-state index in [4.69, 9.17) is 10.5 Å². The number of hydrogen-bond acceptors (Lipinski definition) is 6. The number of amides is 1. The van der Waals surface area contributed by atoms with E-state index < -0.39 is 22.9 Å². The minimum absolute atomic E-state index is 0.0325. The number of nitrogens with two attached hydrogens (primary N) is 1. The second-order valence-corrected chi connectivity index (χ2v) is 7.18. The van der Waals surface area contributed by atoms with Gasteiger partial charge in [-0.15, -0.1) is 0 Å². The van der Waals surface area contributed by atoms with Crippen molar-refractivity contribution in [2.45, 2.75) is 18.9 Å². The number of carbonyl (C=O) groups excluding carboxylic acids is 2. The van der Waals surface area contributed by atoms with Crippen molar-refractivity contribution < 1.29 is 23.6 Å². The van der Waals surface area contributed by atoms with Crippen LogP contribution < -0.4 is 5.73 Å². The third kappa shape index (κ3) is 5.18. The third-order valence-electron chi connectivity index (χ3n) is 5.32. The summed E-state index contributed by atoms with van der Waals surface area (Å²) in [6.07, 6.45) is 0.211. The van der Waals surface area contributed by atoms with Gasteiger partial charge in [-0.1, -0.05) is 12.1 Å². The summed E-state index contributed by atoms with van der Waals surface area (Å²) in [5.74, 6) is -0.625. The van der Waals surface area contributed by atoms with Gasteiger partial charge in [-0.25, -0.2) is 9.18 Å². The van der Waals surface area contributed by atoms with Gasteiger partial charge in [-0.05, 0) is 55.8 Å². The first kappa shape index (κ1) is 21.4. The maximum absolute atomic E-state index is 13.1. The molecule has 0 radical (unpaired) electrons. The molecule has 3 rings (SSSR count). The van der Waals surface area contributed by atoms with E-state index in [1.165, 1.54) is 36.4 Å². The zero-order valence-corrected chi connectivity index (χ0v) is 16.2. The summed E-state index contributed by atoms with van der Waals surface area (Å²) >= 11 is 0. The highest BCUT2D eigenvalue weighted by atomic mass is 19.1. The molecule has 1 unspecified atom stereocenters. The summed E-state index contributed by atoms with van der Waals surface area (Å²) in [6, 6.07) is 11.2. The van der Waals surface area contributed by atoms with Crippen LogP contribution in [-0.2, 0) is 4.74 Å². The number of nitro benzene ring substituents is 1. The van der Waals surface area contributed by atoms with Crippen molar-refractivity contribution in [3.8, 4) is 0 Å². The minimum atomic E-state index is -0.924. The van der Waals surface area contributed by atoms with Crippen molar-refractivity contribution in [1.82, 2.24) is 4.90 Å². The Morgan fingerprint density at radius 2 is 1.87 bits per heavy atom. The first-order valence-corrected chi connectivity index (χ1v) is 9.55. The van der Waals surface area contributed by atoms with Crippen LogP contribution in [0.2, 0.25) is 0 Å². The quantitative estimate of drug-likeness (QED) is 0.421. The second-order valence-electron chi connectivity index (χ2n) is 7.18. The van der Waals surface area contributed by atoms with Crippen LogP contribution in [-0.4, -0.2) is 41.4 Å². The number of benzene rings is 2. The fourth-order valence-electron chi connectivity index (χ4n) is 3.74. The summed E-state index contributed by atoms with van der Waals surface area (Å²) in [5, 5.41) is 11.1. The van der Waals surface area contributed by atoms with Gasteiger partial charge in [-0.2, -0.15) is 0 Å². The number of rotatable bonds is 7. The van der Waals surface area contributed by atoms with Crippen LogP contribution in [0.4, 0.5) is 14.9 Å². The van der Waals surface area contributed by atoms with Gasteiger partial charge < -0.3 is 10.5 Å². The molecule has 1 fully saturated rings. The Morgan fingerprint density at radius 1 is 1.20 bits per heavy atom. The van der Waals surface area contributed by atoms with E-state index in [0.29, 0.717) is 37.1 Å². The lowest BCUT2D eigenvalue weighted by atomic mass is 9.88. The van der Waals surface area contributed by atoms with Gasteiger partial charge in [0, 0.05) is 23.6 Å². The number of non-ortho nitro benzene ring substituents is 1. The molecular weight excluding hydrogens is 393 g/mol. The Balaban J connectivity index is 1.72. The maximum Gasteiger partial charge on any atom is 0.404 e. The molecule has 1 aliphatic heterocycles. The largest absolute Gasteiger partial charge is 0.448 e. The topological polar surface area (TPSA) is 116 Å². The Morgan fingerprint density at radius 3 is 2.47 bits per heavy atom. The number of ketones is 1. The van der Waals surface area contributed by atoms with Gasteiger partial charge >= 0.3 is 6.09 Å². The van der Waals surface area contributed by atoms with Gasteiger partial charge in [0.15, 0.2) is 5.78 Å². The first-order valence-electron chi connectivity index (χ1n) is 9.55. The average molecular weight is 415 g/mol. The van der Waals surface area contributed by atoms with Crippen molar-refractivity contribution >= 4 is 17.6 Å². The van der Waals surface area contributed by atoms with Gasteiger partial charge in [0.05, 0.1) is 11.0 Å². The predicted molar refractivity (Wildman–Crippen MR) is 106 cm³/mol. The smallest absolute Gasteiger partial charge is 0.404 e. The second kappa shape index (κ2) is 9.45. The number of carbonyl (C=O) groups is 2. The summed E-state index contributed by atoms with van der Waals surface area (Å²) in [7, 11) is 0. The van der Waals surface area contributed by atoms with Crippen molar-refractivity contribution in [2.24, 2.45) is 11.7 Å². The fourth-order valence-corrected chi connectivity index (χ4v) is 3.74. The normalized spacial score (nSPS) is 16.0. The number of likely N-dealkylation sites (tertiary alicyclic amines) is 1. The van der Waals surface area contributed by atoms with Crippen LogP contribution in [0.3, 0.4) is 0 Å². The summed E-state index contributed by atoms with van der Waals surface area (Å²) in [5.41, 5.74) is 6.15. The lowest BCUT2D eigenvalue weighted by Crippen LogP contribution is -2.41. The number of piperidine rings is 1. The Labute approximate surface area is 172 Å². The molecule has 1 aliphatic rings. The Bertz CT molecular complexity index is 926. The molecule has 2 aromatic carbocycles. The summed E-state index contributed by atoms with van der Waals surface area (Å²) in [6.45, 7) is 1.02. The van der Waals surface area contributed by atoms with E-state index in [2.05, 4.69) is 0 Å². The van der Waals surface area contributed by atoms with Crippen LogP contribution in [0, 0.1) is 21.8 Å². The maximum atomic E-state index is 13.1. The Hall–Kier alpha value is -3.33.